The van der Waals surface area contributed by atoms with Crippen LogP contribution in [-0.2, 0) is 6.54 Å². The molecule has 0 spiro atoms. The van der Waals surface area contributed by atoms with Gasteiger partial charge in [-0.2, -0.15) is 0 Å². The van der Waals surface area contributed by atoms with Crippen molar-refractivity contribution >= 4 is 17.3 Å². The predicted molar refractivity (Wildman–Crippen MR) is 73.5 cm³/mol. The Kier molecular flexibility index (Phi) is 5.26. The highest BCUT2D eigenvalue weighted by atomic mass is 32.1. The summed E-state index contributed by atoms with van der Waals surface area (Å²) in [7, 11) is 2.03. The minimum atomic E-state index is 0.824. The van der Waals surface area contributed by atoms with Crippen LogP contribution in [0.5, 0.6) is 0 Å². The van der Waals surface area contributed by atoms with Gasteiger partial charge in [0.15, 0.2) is 5.11 Å². The monoisotopic (exact) mass is 236 g/mol. The quantitative estimate of drug-likeness (QED) is 0.809. The van der Waals surface area contributed by atoms with Gasteiger partial charge in [-0.3, -0.25) is 0 Å². The van der Waals surface area contributed by atoms with Crippen LogP contribution in [0.2, 0.25) is 0 Å². The molecule has 2 nitrogen and oxygen atoms in total. The Morgan fingerprint density at radius 3 is 2.69 bits per heavy atom. The molecule has 0 amide bonds. The molecular formula is C13H20N2S. The lowest BCUT2D eigenvalue weighted by atomic mass is 10.1. The van der Waals surface area contributed by atoms with Gasteiger partial charge in [0.2, 0.25) is 0 Å². The van der Waals surface area contributed by atoms with Gasteiger partial charge in [-0.1, -0.05) is 31.2 Å². The van der Waals surface area contributed by atoms with Gasteiger partial charge in [-0.15, -0.1) is 0 Å². The van der Waals surface area contributed by atoms with Gasteiger partial charge in [0, 0.05) is 20.1 Å². The lowest BCUT2D eigenvalue weighted by Gasteiger charge is -2.21. The molecule has 0 aromatic heterocycles. The molecule has 0 atom stereocenters. The second-order valence-corrected chi connectivity index (χ2v) is 4.40. The Morgan fingerprint density at radius 1 is 1.38 bits per heavy atom. The van der Waals surface area contributed by atoms with Crippen molar-refractivity contribution in [2.75, 3.05) is 13.6 Å². The fourth-order valence-electron chi connectivity index (χ4n) is 1.48. The summed E-state index contributed by atoms with van der Waals surface area (Å²) in [4.78, 5) is 2.08. The first-order valence-electron chi connectivity index (χ1n) is 5.68. The van der Waals surface area contributed by atoms with E-state index in [4.69, 9.17) is 12.2 Å². The number of hydrogen-bond acceptors (Lipinski definition) is 1. The van der Waals surface area contributed by atoms with Crippen LogP contribution in [0, 0.1) is 6.92 Å². The maximum atomic E-state index is 5.30. The van der Waals surface area contributed by atoms with E-state index in [1.54, 1.807) is 0 Å². The Labute approximate surface area is 104 Å². The summed E-state index contributed by atoms with van der Waals surface area (Å²) in [6.45, 7) is 6.07. The summed E-state index contributed by atoms with van der Waals surface area (Å²) < 4.78 is 0. The van der Waals surface area contributed by atoms with Crippen molar-refractivity contribution in [3.05, 3.63) is 35.4 Å². The van der Waals surface area contributed by atoms with E-state index in [-0.39, 0.29) is 0 Å². The zero-order chi connectivity index (χ0) is 12.0. The second-order valence-electron chi connectivity index (χ2n) is 4.01. The topological polar surface area (TPSA) is 15.3 Å². The van der Waals surface area contributed by atoms with E-state index < -0.39 is 0 Å². The molecule has 0 heterocycles. The number of benzene rings is 1. The summed E-state index contributed by atoms with van der Waals surface area (Å²) in [5, 5.41) is 4.05. The van der Waals surface area contributed by atoms with E-state index >= 15 is 0 Å². The second kappa shape index (κ2) is 6.48. The van der Waals surface area contributed by atoms with Gasteiger partial charge >= 0.3 is 0 Å². The zero-order valence-electron chi connectivity index (χ0n) is 10.3. The average Bonchev–Trinajstić information content (AvgIpc) is 2.28. The van der Waals surface area contributed by atoms with Crippen molar-refractivity contribution in [1.82, 2.24) is 10.2 Å². The van der Waals surface area contributed by atoms with Crippen molar-refractivity contribution in [3.63, 3.8) is 0 Å². The van der Waals surface area contributed by atoms with Crippen molar-refractivity contribution in [3.8, 4) is 0 Å². The minimum absolute atomic E-state index is 0.824. The molecule has 1 aromatic carbocycles. The molecule has 1 rings (SSSR count). The van der Waals surface area contributed by atoms with Crippen LogP contribution in [0.3, 0.4) is 0 Å². The highest BCUT2D eigenvalue weighted by Crippen LogP contribution is 2.09. The number of nitrogens with zero attached hydrogens (tertiary/aromatic N) is 1. The van der Waals surface area contributed by atoms with Crippen LogP contribution >= 0.6 is 12.2 Å². The van der Waals surface area contributed by atoms with Crippen LogP contribution in [0.4, 0.5) is 0 Å². The normalized spacial score (nSPS) is 9.94. The molecule has 88 valence electrons. The summed E-state index contributed by atoms with van der Waals surface area (Å²) in [6, 6.07) is 8.41. The van der Waals surface area contributed by atoms with Gasteiger partial charge < -0.3 is 10.2 Å². The van der Waals surface area contributed by atoms with Crippen LogP contribution in [-0.4, -0.2) is 23.6 Å². The third-order valence-electron chi connectivity index (χ3n) is 2.54. The molecule has 1 N–H and O–H groups in total. The van der Waals surface area contributed by atoms with Crippen molar-refractivity contribution < 1.29 is 0 Å². The number of rotatable bonds is 4. The standard InChI is InChI=1S/C13H20N2S/c1-4-9-14-13(16)15(3)10-12-8-6-5-7-11(12)2/h5-8H,4,9-10H2,1-3H3,(H,14,16). The van der Waals surface area contributed by atoms with Gasteiger partial charge in [0.1, 0.15) is 0 Å². The van der Waals surface area contributed by atoms with Crippen LogP contribution < -0.4 is 5.32 Å². The molecule has 0 unspecified atom stereocenters. The largest absolute Gasteiger partial charge is 0.363 e. The number of nitrogens with one attached hydrogen (secondary N) is 1. The van der Waals surface area contributed by atoms with Gasteiger partial charge in [-0.25, -0.2) is 0 Å². The first-order chi connectivity index (χ1) is 7.65. The third-order valence-corrected chi connectivity index (χ3v) is 3.00. The lowest BCUT2D eigenvalue weighted by molar-refractivity contribution is 0.487. The molecule has 0 saturated carbocycles. The fraction of sp³-hybridized carbons (Fsp3) is 0.462. The van der Waals surface area contributed by atoms with Gasteiger partial charge in [0.05, 0.1) is 0 Å². The average molecular weight is 236 g/mol. The molecule has 0 aliphatic carbocycles. The van der Waals surface area contributed by atoms with Crippen molar-refractivity contribution in [2.24, 2.45) is 0 Å². The SMILES string of the molecule is CCCNC(=S)N(C)Cc1ccccc1C. The molecule has 0 radical (unpaired) electrons. The van der Waals surface area contributed by atoms with Gasteiger partial charge in [0.25, 0.3) is 0 Å². The molecule has 3 heteroatoms. The Bertz CT molecular complexity index is 350. The summed E-state index contributed by atoms with van der Waals surface area (Å²) in [5.41, 5.74) is 2.64. The van der Waals surface area contributed by atoms with Crippen molar-refractivity contribution in [2.45, 2.75) is 26.8 Å². The zero-order valence-corrected chi connectivity index (χ0v) is 11.1. The first-order valence-corrected chi connectivity index (χ1v) is 6.09. The van der Waals surface area contributed by atoms with E-state index in [9.17, 15) is 0 Å². The Morgan fingerprint density at radius 2 is 2.06 bits per heavy atom. The first kappa shape index (κ1) is 13.0. The Hall–Kier alpha value is -1.09. The van der Waals surface area contributed by atoms with Crippen LogP contribution in [0.1, 0.15) is 24.5 Å². The molecule has 0 aliphatic heterocycles. The third kappa shape index (κ3) is 3.81. The lowest BCUT2D eigenvalue weighted by Crippen LogP contribution is -2.36. The fourth-order valence-corrected chi connectivity index (χ4v) is 1.65. The minimum Gasteiger partial charge on any atom is -0.363 e. The molecule has 0 saturated heterocycles. The molecule has 0 fully saturated rings. The maximum Gasteiger partial charge on any atom is 0.168 e. The van der Waals surface area contributed by atoms with Gasteiger partial charge in [-0.05, 0) is 36.7 Å². The van der Waals surface area contributed by atoms with E-state index in [2.05, 4.69) is 48.3 Å². The predicted octanol–water partition coefficient (Wildman–Crippen LogP) is 2.71. The van der Waals surface area contributed by atoms with E-state index in [1.807, 2.05) is 7.05 Å². The number of thiocarbonyl (C=S) groups is 1. The number of aryl methyl sites for hydroxylation is 1. The van der Waals surface area contributed by atoms with E-state index in [0.717, 1.165) is 24.6 Å². The Balaban J connectivity index is 2.54. The van der Waals surface area contributed by atoms with Crippen LogP contribution in [0.15, 0.2) is 24.3 Å². The molecule has 0 aliphatic rings. The highest BCUT2D eigenvalue weighted by Gasteiger charge is 2.05. The van der Waals surface area contributed by atoms with Crippen LogP contribution in [0.25, 0.3) is 0 Å². The molecule has 16 heavy (non-hydrogen) atoms. The molecule has 1 aromatic rings. The van der Waals surface area contributed by atoms with E-state index in [0.29, 0.717) is 0 Å². The maximum absolute atomic E-state index is 5.30. The molecular weight excluding hydrogens is 216 g/mol. The summed E-state index contributed by atoms with van der Waals surface area (Å²) in [5.74, 6) is 0. The van der Waals surface area contributed by atoms with Crippen molar-refractivity contribution in [1.29, 1.82) is 0 Å². The highest BCUT2D eigenvalue weighted by molar-refractivity contribution is 7.80. The number of hydrogen-bond donors (Lipinski definition) is 1. The smallest absolute Gasteiger partial charge is 0.168 e. The van der Waals surface area contributed by atoms with E-state index in [1.165, 1.54) is 11.1 Å². The summed E-state index contributed by atoms with van der Waals surface area (Å²) in [6.07, 6.45) is 1.10. The molecule has 0 bridgehead atoms. The summed E-state index contributed by atoms with van der Waals surface area (Å²) >= 11 is 5.30.